The third-order valence-electron chi connectivity index (χ3n) is 2.82. The maximum Gasteiger partial charge on any atom is 0.373 e. The van der Waals surface area contributed by atoms with Crippen molar-refractivity contribution in [2.45, 2.75) is 19.8 Å². The van der Waals surface area contributed by atoms with Crippen LogP contribution in [0.1, 0.15) is 19.8 Å². The second-order valence-electron chi connectivity index (χ2n) is 4.47. The lowest BCUT2D eigenvalue weighted by molar-refractivity contribution is -0.385. The zero-order valence-electron chi connectivity index (χ0n) is 12.0. The number of anilines is 1. The maximum absolute atomic E-state index is 11.3. The van der Waals surface area contributed by atoms with Gasteiger partial charge in [0.05, 0.1) is 4.92 Å². The van der Waals surface area contributed by atoms with Crippen molar-refractivity contribution >= 4 is 27.4 Å². The van der Waals surface area contributed by atoms with Gasteiger partial charge in [-0.3, -0.25) is 10.1 Å². The van der Waals surface area contributed by atoms with E-state index < -0.39 is 4.92 Å². The summed E-state index contributed by atoms with van der Waals surface area (Å²) in [5.74, 6) is 0.548. The predicted octanol–water partition coefficient (Wildman–Crippen LogP) is 4.15. The Morgan fingerprint density at radius 2 is 2.05 bits per heavy atom. The normalized spacial score (nSPS) is 10.3. The lowest BCUT2D eigenvalue weighted by Gasteiger charge is -2.09. The number of nitro groups is 1. The van der Waals surface area contributed by atoms with Crippen LogP contribution in [-0.2, 0) is 0 Å². The summed E-state index contributed by atoms with van der Waals surface area (Å²) in [5.41, 5.74) is -0.262. The van der Waals surface area contributed by atoms with Gasteiger partial charge < -0.3 is 10.1 Å². The standard InChI is InChI=1S/C14H15BrN4O3/c1-2-3-8-16-13-12(19(20)21)14(18-9-17-13)22-11-6-4-10(15)5-7-11/h4-7,9H,2-3,8H2,1H3,(H,16,17,18). The fourth-order valence-electron chi connectivity index (χ4n) is 1.73. The quantitative estimate of drug-likeness (QED) is 0.449. The Morgan fingerprint density at radius 3 is 2.68 bits per heavy atom. The first kappa shape index (κ1) is 16.2. The van der Waals surface area contributed by atoms with Crippen molar-refractivity contribution in [3.05, 3.63) is 45.2 Å². The number of halogens is 1. The van der Waals surface area contributed by atoms with Crippen LogP contribution in [-0.4, -0.2) is 21.4 Å². The van der Waals surface area contributed by atoms with Crippen molar-refractivity contribution in [1.29, 1.82) is 0 Å². The highest BCUT2D eigenvalue weighted by Crippen LogP contribution is 2.34. The molecular formula is C14H15BrN4O3. The fourth-order valence-corrected chi connectivity index (χ4v) is 1.99. The second kappa shape index (κ2) is 7.69. The molecule has 0 atom stereocenters. The minimum Gasteiger partial charge on any atom is -0.434 e. The summed E-state index contributed by atoms with van der Waals surface area (Å²) in [7, 11) is 0. The second-order valence-corrected chi connectivity index (χ2v) is 5.39. The number of rotatable bonds is 7. The molecule has 0 aliphatic carbocycles. The van der Waals surface area contributed by atoms with Crippen LogP contribution >= 0.6 is 15.9 Å². The number of unbranched alkanes of at least 4 members (excludes halogenated alkanes) is 1. The van der Waals surface area contributed by atoms with Crippen molar-refractivity contribution in [2.75, 3.05) is 11.9 Å². The summed E-state index contributed by atoms with van der Waals surface area (Å²) in [6, 6.07) is 6.95. The topological polar surface area (TPSA) is 90.2 Å². The smallest absolute Gasteiger partial charge is 0.373 e. The van der Waals surface area contributed by atoms with Crippen molar-refractivity contribution < 1.29 is 9.66 Å². The Kier molecular flexibility index (Phi) is 5.65. The van der Waals surface area contributed by atoms with Gasteiger partial charge in [0.15, 0.2) is 0 Å². The Labute approximate surface area is 136 Å². The van der Waals surface area contributed by atoms with Gasteiger partial charge in [0.1, 0.15) is 12.1 Å². The van der Waals surface area contributed by atoms with Crippen LogP contribution in [0.15, 0.2) is 35.1 Å². The first-order valence-electron chi connectivity index (χ1n) is 6.78. The zero-order chi connectivity index (χ0) is 15.9. The third-order valence-corrected chi connectivity index (χ3v) is 3.35. The lowest BCUT2D eigenvalue weighted by atomic mass is 10.3. The van der Waals surface area contributed by atoms with E-state index in [1.54, 1.807) is 24.3 Å². The Morgan fingerprint density at radius 1 is 1.32 bits per heavy atom. The average Bonchev–Trinajstić information content (AvgIpc) is 2.50. The first-order valence-corrected chi connectivity index (χ1v) is 7.57. The van der Waals surface area contributed by atoms with E-state index in [1.807, 2.05) is 6.92 Å². The van der Waals surface area contributed by atoms with Gasteiger partial charge in [0, 0.05) is 11.0 Å². The van der Waals surface area contributed by atoms with Crippen LogP contribution in [0.5, 0.6) is 11.6 Å². The van der Waals surface area contributed by atoms with E-state index in [0.29, 0.717) is 12.3 Å². The highest BCUT2D eigenvalue weighted by molar-refractivity contribution is 9.10. The highest BCUT2D eigenvalue weighted by atomic mass is 79.9. The molecule has 0 aliphatic rings. The van der Waals surface area contributed by atoms with Crippen LogP contribution in [0.2, 0.25) is 0 Å². The van der Waals surface area contributed by atoms with Gasteiger partial charge in [-0.1, -0.05) is 29.3 Å². The van der Waals surface area contributed by atoms with Crippen molar-refractivity contribution in [2.24, 2.45) is 0 Å². The van der Waals surface area contributed by atoms with Crippen LogP contribution in [0.3, 0.4) is 0 Å². The first-order chi connectivity index (χ1) is 10.6. The molecule has 1 heterocycles. The van der Waals surface area contributed by atoms with Gasteiger partial charge in [0.2, 0.25) is 5.82 Å². The summed E-state index contributed by atoms with van der Waals surface area (Å²) in [6.07, 6.45) is 3.12. The number of ether oxygens (including phenoxy) is 1. The summed E-state index contributed by atoms with van der Waals surface area (Å²) >= 11 is 3.32. The molecule has 1 aromatic heterocycles. The molecule has 0 radical (unpaired) electrons. The Bertz CT molecular complexity index is 649. The lowest BCUT2D eigenvalue weighted by Crippen LogP contribution is -2.08. The van der Waals surface area contributed by atoms with E-state index >= 15 is 0 Å². The average molecular weight is 367 g/mol. The van der Waals surface area contributed by atoms with Gasteiger partial charge >= 0.3 is 11.6 Å². The highest BCUT2D eigenvalue weighted by Gasteiger charge is 2.24. The monoisotopic (exact) mass is 366 g/mol. The molecule has 0 unspecified atom stereocenters. The van der Waals surface area contributed by atoms with Crippen molar-refractivity contribution in [3.8, 4) is 11.6 Å². The Balaban J connectivity index is 2.27. The molecule has 0 saturated heterocycles. The van der Waals surface area contributed by atoms with Crippen molar-refractivity contribution in [1.82, 2.24) is 9.97 Å². The molecule has 0 spiro atoms. The molecular weight excluding hydrogens is 352 g/mol. The summed E-state index contributed by atoms with van der Waals surface area (Å²) < 4.78 is 6.41. The minimum absolute atomic E-state index is 0.0821. The van der Waals surface area contributed by atoms with Gasteiger partial charge in [-0.05, 0) is 30.7 Å². The summed E-state index contributed by atoms with van der Waals surface area (Å²) in [5, 5.41) is 14.3. The van der Waals surface area contributed by atoms with E-state index in [-0.39, 0.29) is 17.4 Å². The number of benzene rings is 1. The molecule has 0 saturated carbocycles. The molecule has 7 nitrogen and oxygen atoms in total. The van der Waals surface area contributed by atoms with E-state index in [4.69, 9.17) is 4.74 Å². The van der Waals surface area contributed by atoms with Crippen LogP contribution in [0, 0.1) is 10.1 Å². The molecule has 0 bridgehead atoms. The third kappa shape index (κ3) is 4.14. The summed E-state index contributed by atoms with van der Waals surface area (Å²) in [6.45, 7) is 2.64. The van der Waals surface area contributed by atoms with Gasteiger partial charge in [-0.25, -0.2) is 4.98 Å². The SMILES string of the molecule is CCCCNc1ncnc(Oc2ccc(Br)cc2)c1[N+](=O)[O-]. The molecule has 0 amide bonds. The number of aromatic nitrogens is 2. The molecule has 2 aromatic rings. The number of hydrogen-bond acceptors (Lipinski definition) is 6. The van der Waals surface area contributed by atoms with Crippen molar-refractivity contribution in [3.63, 3.8) is 0 Å². The van der Waals surface area contributed by atoms with Gasteiger partial charge in [-0.15, -0.1) is 0 Å². The molecule has 2 rings (SSSR count). The van der Waals surface area contributed by atoms with Gasteiger partial charge in [0.25, 0.3) is 0 Å². The molecule has 22 heavy (non-hydrogen) atoms. The molecule has 0 aliphatic heterocycles. The molecule has 8 heteroatoms. The summed E-state index contributed by atoms with van der Waals surface area (Å²) in [4.78, 5) is 18.6. The van der Waals surface area contributed by atoms with Crippen LogP contribution < -0.4 is 10.1 Å². The van der Waals surface area contributed by atoms with Crippen LogP contribution in [0.4, 0.5) is 11.5 Å². The predicted molar refractivity (Wildman–Crippen MR) is 86.3 cm³/mol. The molecule has 1 aromatic carbocycles. The number of nitrogens with one attached hydrogen (secondary N) is 1. The van der Waals surface area contributed by atoms with E-state index in [0.717, 1.165) is 17.3 Å². The van der Waals surface area contributed by atoms with Crippen LogP contribution in [0.25, 0.3) is 0 Å². The molecule has 116 valence electrons. The van der Waals surface area contributed by atoms with E-state index in [2.05, 4.69) is 31.2 Å². The minimum atomic E-state index is -0.539. The maximum atomic E-state index is 11.3. The number of nitrogens with zero attached hydrogens (tertiary/aromatic N) is 3. The Hall–Kier alpha value is -2.22. The van der Waals surface area contributed by atoms with Gasteiger partial charge in [-0.2, -0.15) is 4.98 Å². The largest absolute Gasteiger partial charge is 0.434 e. The fraction of sp³-hybridized carbons (Fsp3) is 0.286. The molecule has 0 fully saturated rings. The molecule has 1 N–H and O–H groups in total. The van der Waals surface area contributed by atoms with E-state index in [1.165, 1.54) is 6.33 Å². The number of hydrogen-bond donors (Lipinski definition) is 1. The zero-order valence-corrected chi connectivity index (χ0v) is 13.5. The van der Waals surface area contributed by atoms with E-state index in [9.17, 15) is 10.1 Å².